The molecule has 2 aromatic heterocycles. The predicted octanol–water partition coefficient (Wildman–Crippen LogP) is 2.57. The van der Waals surface area contributed by atoms with Crippen molar-refractivity contribution >= 4 is 10.9 Å². The van der Waals surface area contributed by atoms with Gasteiger partial charge in [-0.3, -0.25) is 5.10 Å². The Morgan fingerprint density at radius 1 is 1.27 bits per heavy atom. The van der Waals surface area contributed by atoms with E-state index in [4.69, 9.17) is 0 Å². The zero-order chi connectivity index (χ0) is 10.3. The zero-order valence-corrected chi connectivity index (χ0v) is 8.44. The Bertz CT molecular complexity index is 590. The van der Waals surface area contributed by atoms with Gasteiger partial charge in [-0.25, -0.2) is 0 Å². The molecule has 2 heterocycles. The first kappa shape index (κ1) is 8.29. The number of para-hydroxylation sites is 1. The van der Waals surface area contributed by atoms with Crippen LogP contribution in [0, 0.1) is 0 Å². The van der Waals surface area contributed by atoms with Crippen molar-refractivity contribution in [1.29, 1.82) is 0 Å². The molecule has 0 saturated carbocycles. The lowest BCUT2D eigenvalue weighted by Gasteiger charge is -2.00. The molecule has 0 aliphatic carbocycles. The van der Waals surface area contributed by atoms with Crippen molar-refractivity contribution in [3.63, 3.8) is 0 Å². The Balaban J connectivity index is 2.33. The summed E-state index contributed by atoms with van der Waals surface area (Å²) in [7, 11) is 2.07. The van der Waals surface area contributed by atoms with Gasteiger partial charge in [0.1, 0.15) is 0 Å². The van der Waals surface area contributed by atoms with Crippen molar-refractivity contribution in [2.75, 3.05) is 0 Å². The van der Waals surface area contributed by atoms with Gasteiger partial charge in [0.15, 0.2) is 0 Å². The lowest BCUT2D eigenvalue weighted by atomic mass is 10.2. The van der Waals surface area contributed by atoms with Crippen molar-refractivity contribution in [1.82, 2.24) is 14.8 Å². The van der Waals surface area contributed by atoms with E-state index in [-0.39, 0.29) is 0 Å². The number of benzene rings is 1. The molecule has 3 aromatic rings. The number of aromatic amines is 1. The molecule has 0 radical (unpaired) electrons. The second-order valence-electron chi connectivity index (χ2n) is 3.63. The summed E-state index contributed by atoms with van der Waals surface area (Å²) in [6, 6.07) is 10.5. The molecule has 0 fully saturated rings. The molecule has 0 aliphatic heterocycles. The van der Waals surface area contributed by atoms with Crippen LogP contribution in [0.5, 0.6) is 0 Å². The van der Waals surface area contributed by atoms with E-state index in [2.05, 4.69) is 52.1 Å². The highest BCUT2D eigenvalue weighted by Crippen LogP contribution is 2.25. The molecule has 0 aliphatic rings. The third kappa shape index (κ3) is 1.16. The highest BCUT2D eigenvalue weighted by molar-refractivity contribution is 5.86. The Kier molecular flexibility index (Phi) is 1.65. The van der Waals surface area contributed by atoms with Crippen LogP contribution in [0.1, 0.15) is 0 Å². The Labute approximate surface area is 87.4 Å². The third-order valence-electron chi connectivity index (χ3n) is 2.75. The van der Waals surface area contributed by atoms with Crippen LogP contribution in [0.3, 0.4) is 0 Å². The highest BCUT2D eigenvalue weighted by atomic mass is 15.1. The van der Waals surface area contributed by atoms with Crippen LogP contribution >= 0.6 is 0 Å². The number of nitrogens with zero attached hydrogens (tertiary/aromatic N) is 2. The molecule has 0 atom stereocenters. The second-order valence-corrected chi connectivity index (χ2v) is 3.63. The zero-order valence-electron chi connectivity index (χ0n) is 8.44. The Morgan fingerprint density at radius 3 is 2.87 bits per heavy atom. The third-order valence-corrected chi connectivity index (χ3v) is 2.75. The summed E-state index contributed by atoms with van der Waals surface area (Å²) < 4.78 is 2.18. The maximum Gasteiger partial charge on any atom is 0.0580 e. The van der Waals surface area contributed by atoms with Gasteiger partial charge >= 0.3 is 0 Å². The molecule has 0 amide bonds. The number of rotatable bonds is 1. The maximum absolute atomic E-state index is 3.97. The summed E-state index contributed by atoms with van der Waals surface area (Å²) >= 11 is 0. The van der Waals surface area contributed by atoms with E-state index in [0.29, 0.717) is 0 Å². The lowest BCUT2D eigenvalue weighted by Crippen LogP contribution is -1.89. The summed E-state index contributed by atoms with van der Waals surface area (Å²) in [6.07, 6.45) is 3.75. The number of H-pyrrole nitrogens is 1. The minimum absolute atomic E-state index is 1.12. The predicted molar refractivity (Wildman–Crippen MR) is 60.5 cm³/mol. The van der Waals surface area contributed by atoms with E-state index in [9.17, 15) is 0 Å². The van der Waals surface area contributed by atoms with E-state index >= 15 is 0 Å². The number of aryl methyl sites for hydroxylation is 1. The number of hydrogen-bond acceptors (Lipinski definition) is 1. The first-order valence-corrected chi connectivity index (χ1v) is 4.90. The Morgan fingerprint density at radius 2 is 2.13 bits per heavy atom. The number of aromatic nitrogens is 3. The topological polar surface area (TPSA) is 33.6 Å². The molecule has 1 aromatic carbocycles. The van der Waals surface area contributed by atoms with Crippen molar-refractivity contribution in [2.45, 2.75) is 0 Å². The average Bonchev–Trinajstić information content (AvgIpc) is 2.87. The van der Waals surface area contributed by atoms with Crippen molar-refractivity contribution < 1.29 is 0 Å². The number of hydrogen-bond donors (Lipinski definition) is 1. The van der Waals surface area contributed by atoms with Gasteiger partial charge in [-0.1, -0.05) is 18.2 Å². The van der Waals surface area contributed by atoms with Gasteiger partial charge in [0.2, 0.25) is 0 Å². The molecular weight excluding hydrogens is 186 g/mol. The summed E-state index contributed by atoms with van der Waals surface area (Å²) in [5, 5.41) is 8.07. The van der Waals surface area contributed by atoms with E-state index in [1.165, 1.54) is 16.6 Å². The smallest absolute Gasteiger partial charge is 0.0580 e. The summed E-state index contributed by atoms with van der Waals surface area (Å²) in [6.45, 7) is 0. The van der Waals surface area contributed by atoms with E-state index < -0.39 is 0 Å². The van der Waals surface area contributed by atoms with Crippen molar-refractivity contribution in [3.8, 4) is 11.3 Å². The lowest BCUT2D eigenvalue weighted by molar-refractivity contribution is 0.978. The molecule has 3 nitrogen and oxygen atoms in total. The molecule has 1 N–H and O–H groups in total. The standard InChI is InChI=1S/C12H11N3/c1-15-11-5-3-2-4-9(11)6-12(15)10-7-13-14-8-10/h2-8H,1H3,(H,13,14). The SMILES string of the molecule is Cn1c(-c2cn[nH]c2)cc2ccccc21. The summed E-state index contributed by atoms with van der Waals surface area (Å²) in [5.41, 5.74) is 3.55. The molecule has 15 heavy (non-hydrogen) atoms. The van der Waals surface area contributed by atoms with E-state index in [0.717, 1.165) is 5.56 Å². The number of fused-ring (bicyclic) bond motifs is 1. The van der Waals surface area contributed by atoms with Gasteiger partial charge in [-0.2, -0.15) is 5.10 Å². The van der Waals surface area contributed by atoms with Crippen LogP contribution < -0.4 is 0 Å². The summed E-state index contributed by atoms with van der Waals surface area (Å²) in [5.74, 6) is 0. The minimum Gasteiger partial charge on any atom is -0.344 e. The quantitative estimate of drug-likeness (QED) is 0.639. The van der Waals surface area contributed by atoms with Gasteiger partial charge in [0.05, 0.1) is 11.9 Å². The van der Waals surface area contributed by atoms with Gasteiger partial charge in [-0.05, 0) is 12.1 Å². The summed E-state index contributed by atoms with van der Waals surface area (Å²) in [4.78, 5) is 0. The molecule has 0 spiro atoms. The fourth-order valence-corrected chi connectivity index (χ4v) is 1.96. The minimum atomic E-state index is 1.12. The van der Waals surface area contributed by atoms with Gasteiger partial charge in [-0.15, -0.1) is 0 Å². The average molecular weight is 197 g/mol. The van der Waals surface area contributed by atoms with Gasteiger partial charge in [0, 0.05) is 29.7 Å². The Hall–Kier alpha value is -2.03. The van der Waals surface area contributed by atoms with E-state index in [1.54, 1.807) is 0 Å². The van der Waals surface area contributed by atoms with Crippen LogP contribution in [0.4, 0.5) is 0 Å². The molecule has 74 valence electrons. The van der Waals surface area contributed by atoms with Crippen molar-refractivity contribution in [2.24, 2.45) is 7.05 Å². The second kappa shape index (κ2) is 2.98. The van der Waals surface area contributed by atoms with Crippen molar-refractivity contribution in [3.05, 3.63) is 42.7 Å². The maximum atomic E-state index is 3.97. The molecule has 0 saturated heterocycles. The van der Waals surface area contributed by atoms with Gasteiger partial charge in [0.25, 0.3) is 0 Å². The van der Waals surface area contributed by atoms with Gasteiger partial charge < -0.3 is 4.57 Å². The molecule has 0 bridgehead atoms. The van der Waals surface area contributed by atoms with Crippen LogP contribution in [-0.2, 0) is 7.05 Å². The first-order valence-electron chi connectivity index (χ1n) is 4.90. The molecule has 0 unspecified atom stereocenters. The van der Waals surface area contributed by atoms with E-state index in [1.807, 2.05) is 12.4 Å². The fourth-order valence-electron chi connectivity index (χ4n) is 1.96. The normalized spacial score (nSPS) is 11.0. The first-order chi connectivity index (χ1) is 7.36. The van der Waals surface area contributed by atoms with Crippen LogP contribution in [-0.4, -0.2) is 14.8 Å². The monoisotopic (exact) mass is 197 g/mol. The molecule has 3 rings (SSSR count). The highest BCUT2D eigenvalue weighted by Gasteiger charge is 2.07. The van der Waals surface area contributed by atoms with Crippen LogP contribution in [0.15, 0.2) is 42.7 Å². The van der Waals surface area contributed by atoms with Crippen LogP contribution in [0.25, 0.3) is 22.2 Å². The fraction of sp³-hybridized carbons (Fsp3) is 0.0833. The van der Waals surface area contributed by atoms with Crippen LogP contribution in [0.2, 0.25) is 0 Å². The number of nitrogens with one attached hydrogen (secondary N) is 1. The molecule has 3 heteroatoms. The molecular formula is C12H11N3. The largest absolute Gasteiger partial charge is 0.344 e.